The van der Waals surface area contributed by atoms with Crippen LogP contribution in [0.3, 0.4) is 0 Å². The van der Waals surface area contributed by atoms with Crippen LogP contribution in [0.25, 0.3) is 0 Å². The molecule has 1 rings (SSSR count). The molecule has 0 bridgehead atoms. The van der Waals surface area contributed by atoms with E-state index >= 15 is 0 Å². The molecule has 0 saturated carbocycles. The third kappa shape index (κ3) is 4.13. The van der Waals surface area contributed by atoms with Gasteiger partial charge in [0, 0.05) is 0 Å². The summed E-state index contributed by atoms with van der Waals surface area (Å²) in [7, 11) is 0. The summed E-state index contributed by atoms with van der Waals surface area (Å²) in [4.78, 5) is 11.9. The number of amides is 1. The van der Waals surface area contributed by atoms with E-state index in [-0.39, 0.29) is 5.91 Å². The predicted molar refractivity (Wildman–Crippen MR) is 72.0 cm³/mol. The van der Waals surface area contributed by atoms with Gasteiger partial charge in [0.2, 0.25) is 5.91 Å². The van der Waals surface area contributed by atoms with Crippen LogP contribution in [0.2, 0.25) is 0 Å². The second kappa shape index (κ2) is 5.98. The van der Waals surface area contributed by atoms with Crippen molar-refractivity contribution in [2.24, 2.45) is 5.73 Å². The van der Waals surface area contributed by atoms with Crippen LogP contribution < -0.4 is 11.1 Å². The van der Waals surface area contributed by atoms with Gasteiger partial charge in [0.1, 0.15) is 0 Å². The number of aliphatic hydroxyl groups excluding tert-OH is 1. The van der Waals surface area contributed by atoms with Gasteiger partial charge in [-0.2, -0.15) is 0 Å². The molecule has 0 heterocycles. The Bertz CT molecular complexity index is 388. The number of carbonyl (C=O) groups excluding carboxylic acids is 1. The Balaban J connectivity index is 2.57. The number of nitrogens with two attached hydrogens (primary N) is 1. The summed E-state index contributed by atoms with van der Waals surface area (Å²) in [6.07, 6.45) is -0.145. The fraction of sp³-hybridized carbons (Fsp3) is 0.500. The molecule has 4 N–H and O–H groups in total. The minimum Gasteiger partial charge on any atom is -0.391 e. The normalized spacial score (nSPS) is 14.9. The number of rotatable bonds is 5. The standard InChI is InChI=1S/C14H22N2O2/c1-10(17)14(2,3)16-13(18)12(15)9-11-7-5-4-6-8-11/h4-8,10,12,17H,9,15H2,1-3H3,(H,16,18)/t10?,12-/m0/s1. The molecule has 0 aliphatic rings. The number of nitrogens with one attached hydrogen (secondary N) is 1. The molecule has 0 aliphatic carbocycles. The van der Waals surface area contributed by atoms with Crippen LogP contribution in [0.15, 0.2) is 30.3 Å². The Morgan fingerprint density at radius 3 is 2.44 bits per heavy atom. The summed E-state index contributed by atoms with van der Waals surface area (Å²) in [5.74, 6) is -0.246. The van der Waals surface area contributed by atoms with Gasteiger partial charge >= 0.3 is 0 Å². The molecule has 1 aromatic carbocycles. The summed E-state index contributed by atoms with van der Waals surface area (Å²) in [6, 6.07) is 9.02. The van der Waals surface area contributed by atoms with Crippen molar-refractivity contribution < 1.29 is 9.90 Å². The van der Waals surface area contributed by atoms with Crippen molar-refractivity contribution in [2.45, 2.75) is 44.9 Å². The first kappa shape index (κ1) is 14.7. The molecule has 0 spiro atoms. The van der Waals surface area contributed by atoms with E-state index in [0.29, 0.717) is 6.42 Å². The molecular formula is C14H22N2O2. The van der Waals surface area contributed by atoms with Crippen LogP contribution in [0.5, 0.6) is 0 Å². The Hall–Kier alpha value is -1.39. The fourth-order valence-corrected chi connectivity index (χ4v) is 1.48. The van der Waals surface area contributed by atoms with Crippen molar-refractivity contribution >= 4 is 5.91 Å². The average molecular weight is 250 g/mol. The lowest BCUT2D eigenvalue weighted by Crippen LogP contribution is -2.55. The van der Waals surface area contributed by atoms with Gasteiger partial charge in [-0.05, 0) is 32.8 Å². The van der Waals surface area contributed by atoms with Crippen molar-refractivity contribution in [3.8, 4) is 0 Å². The van der Waals surface area contributed by atoms with E-state index in [1.54, 1.807) is 20.8 Å². The Morgan fingerprint density at radius 1 is 1.39 bits per heavy atom. The third-order valence-corrected chi connectivity index (χ3v) is 3.13. The second-order valence-electron chi connectivity index (χ2n) is 5.18. The number of aliphatic hydroxyl groups is 1. The van der Waals surface area contributed by atoms with Gasteiger partial charge in [-0.3, -0.25) is 4.79 Å². The molecule has 0 radical (unpaired) electrons. The largest absolute Gasteiger partial charge is 0.391 e. The molecule has 2 atom stereocenters. The van der Waals surface area contributed by atoms with Gasteiger partial charge in [-0.1, -0.05) is 30.3 Å². The first-order valence-electron chi connectivity index (χ1n) is 6.12. The third-order valence-electron chi connectivity index (χ3n) is 3.13. The Kier molecular flexibility index (Phi) is 4.87. The van der Waals surface area contributed by atoms with E-state index in [0.717, 1.165) is 5.56 Å². The van der Waals surface area contributed by atoms with Crippen LogP contribution in [-0.4, -0.2) is 28.7 Å². The molecule has 18 heavy (non-hydrogen) atoms. The van der Waals surface area contributed by atoms with Crippen molar-refractivity contribution in [1.29, 1.82) is 0 Å². The highest BCUT2D eigenvalue weighted by Gasteiger charge is 2.28. The van der Waals surface area contributed by atoms with Gasteiger partial charge in [0.05, 0.1) is 17.7 Å². The van der Waals surface area contributed by atoms with Crippen LogP contribution in [0, 0.1) is 0 Å². The number of hydrogen-bond donors (Lipinski definition) is 3. The summed E-state index contributed by atoms with van der Waals surface area (Å²) >= 11 is 0. The lowest BCUT2D eigenvalue weighted by Gasteiger charge is -2.30. The molecule has 1 aromatic rings. The van der Waals surface area contributed by atoms with Crippen LogP contribution in [0.1, 0.15) is 26.3 Å². The second-order valence-corrected chi connectivity index (χ2v) is 5.18. The molecule has 0 saturated heterocycles. The maximum absolute atomic E-state index is 11.9. The van der Waals surface area contributed by atoms with Gasteiger partial charge < -0.3 is 16.2 Å². The first-order chi connectivity index (χ1) is 8.33. The van der Waals surface area contributed by atoms with E-state index < -0.39 is 17.7 Å². The Labute approximate surface area is 108 Å². The predicted octanol–water partition coefficient (Wildman–Crippen LogP) is 0.832. The lowest BCUT2D eigenvalue weighted by atomic mass is 9.97. The first-order valence-corrected chi connectivity index (χ1v) is 6.12. The molecule has 0 aromatic heterocycles. The van der Waals surface area contributed by atoms with Crippen LogP contribution >= 0.6 is 0 Å². The molecule has 4 heteroatoms. The summed E-state index contributed by atoms with van der Waals surface area (Å²) in [5.41, 5.74) is 6.21. The highest BCUT2D eigenvalue weighted by molar-refractivity contribution is 5.82. The van der Waals surface area contributed by atoms with Crippen LogP contribution in [0.4, 0.5) is 0 Å². The number of hydrogen-bond acceptors (Lipinski definition) is 3. The molecule has 4 nitrogen and oxygen atoms in total. The van der Waals surface area contributed by atoms with E-state index in [9.17, 15) is 9.90 Å². The van der Waals surface area contributed by atoms with Crippen molar-refractivity contribution in [1.82, 2.24) is 5.32 Å². The number of benzene rings is 1. The van der Waals surface area contributed by atoms with Gasteiger partial charge in [0.25, 0.3) is 0 Å². The highest BCUT2D eigenvalue weighted by atomic mass is 16.3. The molecule has 100 valence electrons. The van der Waals surface area contributed by atoms with Crippen molar-refractivity contribution in [3.05, 3.63) is 35.9 Å². The zero-order valence-corrected chi connectivity index (χ0v) is 11.2. The van der Waals surface area contributed by atoms with Gasteiger partial charge in [-0.25, -0.2) is 0 Å². The zero-order chi connectivity index (χ0) is 13.8. The average Bonchev–Trinajstić information content (AvgIpc) is 2.29. The van der Waals surface area contributed by atoms with Gasteiger partial charge in [-0.15, -0.1) is 0 Å². The topological polar surface area (TPSA) is 75.3 Å². The summed E-state index contributed by atoms with van der Waals surface area (Å²) in [6.45, 7) is 5.18. The minimum atomic E-state index is -0.675. The van der Waals surface area contributed by atoms with E-state index in [4.69, 9.17) is 5.73 Å². The lowest BCUT2D eigenvalue weighted by molar-refractivity contribution is -0.125. The summed E-state index contributed by atoms with van der Waals surface area (Å²) < 4.78 is 0. The molecule has 0 aliphatic heterocycles. The minimum absolute atomic E-state index is 0.246. The number of carbonyl (C=O) groups is 1. The smallest absolute Gasteiger partial charge is 0.237 e. The Morgan fingerprint density at radius 2 is 1.94 bits per heavy atom. The monoisotopic (exact) mass is 250 g/mol. The van der Waals surface area contributed by atoms with Gasteiger partial charge in [0.15, 0.2) is 0 Å². The SMILES string of the molecule is CC(O)C(C)(C)NC(=O)[C@@H](N)Cc1ccccc1. The molecule has 0 fully saturated rings. The quantitative estimate of drug-likeness (QED) is 0.724. The highest BCUT2D eigenvalue weighted by Crippen LogP contribution is 2.09. The van der Waals surface area contributed by atoms with E-state index in [1.165, 1.54) is 0 Å². The van der Waals surface area contributed by atoms with E-state index in [1.807, 2.05) is 30.3 Å². The molecule has 1 amide bonds. The van der Waals surface area contributed by atoms with Crippen LogP contribution in [-0.2, 0) is 11.2 Å². The fourth-order valence-electron chi connectivity index (χ4n) is 1.48. The van der Waals surface area contributed by atoms with Crippen molar-refractivity contribution in [2.75, 3.05) is 0 Å². The maximum Gasteiger partial charge on any atom is 0.237 e. The zero-order valence-electron chi connectivity index (χ0n) is 11.2. The molecule has 1 unspecified atom stereocenters. The molecular weight excluding hydrogens is 228 g/mol. The van der Waals surface area contributed by atoms with Crippen molar-refractivity contribution in [3.63, 3.8) is 0 Å². The van der Waals surface area contributed by atoms with E-state index in [2.05, 4.69) is 5.32 Å². The maximum atomic E-state index is 11.9. The summed E-state index contributed by atoms with van der Waals surface area (Å²) in [5, 5.41) is 12.3.